The molecular formula is C14H18O3. The van der Waals surface area contributed by atoms with Crippen molar-refractivity contribution in [1.82, 2.24) is 0 Å². The zero-order valence-corrected chi connectivity index (χ0v) is 10.1. The molecule has 1 aromatic rings. The van der Waals surface area contributed by atoms with Gasteiger partial charge < -0.3 is 9.47 Å². The van der Waals surface area contributed by atoms with Crippen molar-refractivity contribution in [3.63, 3.8) is 0 Å². The first-order chi connectivity index (χ1) is 8.31. The smallest absolute Gasteiger partial charge is 0.138 e. The second-order valence-corrected chi connectivity index (χ2v) is 4.29. The Kier molecular flexibility index (Phi) is 4.29. The van der Waals surface area contributed by atoms with E-state index in [1.54, 1.807) is 7.11 Å². The third kappa shape index (κ3) is 3.14. The van der Waals surface area contributed by atoms with E-state index in [1.807, 2.05) is 12.1 Å². The summed E-state index contributed by atoms with van der Waals surface area (Å²) in [6.07, 6.45) is 1.81. The highest BCUT2D eigenvalue weighted by Gasteiger charge is 2.22. The summed E-state index contributed by atoms with van der Waals surface area (Å²) in [6.45, 7) is 1.20. The zero-order chi connectivity index (χ0) is 12.1. The lowest BCUT2D eigenvalue weighted by Crippen LogP contribution is -2.19. The maximum absolute atomic E-state index is 11.7. The number of carbonyl (C=O) groups excluding carboxylic acids is 1. The van der Waals surface area contributed by atoms with Crippen LogP contribution in [0, 0.1) is 0 Å². The van der Waals surface area contributed by atoms with Crippen molar-refractivity contribution >= 4 is 5.78 Å². The van der Waals surface area contributed by atoms with Crippen LogP contribution < -0.4 is 0 Å². The van der Waals surface area contributed by atoms with Crippen molar-refractivity contribution in [2.24, 2.45) is 0 Å². The normalized spacial score (nSPS) is 18.8. The third-order valence-electron chi connectivity index (χ3n) is 3.09. The summed E-state index contributed by atoms with van der Waals surface area (Å²) in [5.74, 6) is 0.202. The van der Waals surface area contributed by atoms with Gasteiger partial charge in [0, 0.05) is 20.0 Å². The second-order valence-electron chi connectivity index (χ2n) is 4.29. The Morgan fingerprint density at radius 2 is 2.29 bits per heavy atom. The Balaban J connectivity index is 2.01. The number of Topliss-reactive ketones (excluding diaryl/α,β-unsaturated/α-hetero) is 1. The average Bonchev–Trinajstić information content (AvgIpc) is 2.37. The molecule has 1 heterocycles. The number of rotatable bonds is 5. The molecule has 0 aliphatic carbocycles. The van der Waals surface area contributed by atoms with Gasteiger partial charge in [-0.25, -0.2) is 0 Å². The summed E-state index contributed by atoms with van der Waals surface area (Å²) in [4.78, 5) is 11.7. The number of hydrogen-bond donors (Lipinski definition) is 0. The topological polar surface area (TPSA) is 35.5 Å². The molecule has 1 unspecified atom stereocenters. The van der Waals surface area contributed by atoms with Gasteiger partial charge in [0.15, 0.2) is 0 Å². The van der Waals surface area contributed by atoms with Gasteiger partial charge in [0.05, 0.1) is 19.3 Å². The molecule has 0 saturated carbocycles. The highest BCUT2D eigenvalue weighted by molar-refractivity contribution is 5.79. The molecule has 0 aromatic heterocycles. The minimum atomic E-state index is -0.0655. The number of benzene rings is 1. The molecule has 3 nitrogen and oxygen atoms in total. The van der Waals surface area contributed by atoms with Crippen LogP contribution in [0.15, 0.2) is 24.3 Å². The van der Waals surface area contributed by atoms with Crippen molar-refractivity contribution in [2.45, 2.75) is 25.4 Å². The average molecular weight is 234 g/mol. The third-order valence-corrected chi connectivity index (χ3v) is 3.09. The zero-order valence-electron chi connectivity index (χ0n) is 10.1. The molecule has 92 valence electrons. The van der Waals surface area contributed by atoms with Crippen LogP contribution in [-0.4, -0.2) is 26.1 Å². The van der Waals surface area contributed by atoms with Gasteiger partial charge in [-0.3, -0.25) is 4.79 Å². The summed E-state index contributed by atoms with van der Waals surface area (Å²) in [5, 5.41) is 0. The molecule has 17 heavy (non-hydrogen) atoms. The van der Waals surface area contributed by atoms with Crippen molar-refractivity contribution in [3.8, 4) is 0 Å². The van der Waals surface area contributed by atoms with Crippen LogP contribution in [0.25, 0.3) is 0 Å². The first-order valence-corrected chi connectivity index (χ1v) is 6.01. The Labute approximate surface area is 102 Å². The molecular weight excluding hydrogens is 216 g/mol. The van der Waals surface area contributed by atoms with Gasteiger partial charge in [0.25, 0.3) is 0 Å². The van der Waals surface area contributed by atoms with E-state index in [1.165, 1.54) is 11.1 Å². The van der Waals surface area contributed by atoms with Gasteiger partial charge in [-0.2, -0.15) is 0 Å². The number of fused-ring (bicyclic) bond motifs is 1. The molecule has 0 radical (unpaired) electrons. The van der Waals surface area contributed by atoms with Crippen LogP contribution >= 0.6 is 0 Å². The fourth-order valence-electron chi connectivity index (χ4n) is 2.17. The van der Waals surface area contributed by atoms with Gasteiger partial charge in [0.2, 0.25) is 0 Å². The lowest BCUT2D eigenvalue weighted by molar-refractivity contribution is -0.123. The molecule has 0 fully saturated rings. The van der Waals surface area contributed by atoms with Crippen molar-refractivity contribution in [2.75, 3.05) is 20.3 Å². The van der Waals surface area contributed by atoms with Gasteiger partial charge in [-0.15, -0.1) is 0 Å². The number of carbonyl (C=O) groups is 1. The van der Waals surface area contributed by atoms with E-state index in [9.17, 15) is 4.79 Å². The maximum Gasteiger partial charge on any atom is 0.138 e. The molecule has 0 saturated heterocycles. The van der Waals surface area contributed by atoms with Gasteiger partial charge in [0.1, 0.15) is 5.78 Å². The molecule has 2 rings (SSSR count). The van der Waals surface area contributed by atoms with Crippen LogP contribution in [0.5, 0.6) is 0 Å². The van der Waals surface area contributed by atoms with Gasteiger partial charge in [-0.05, 0) is 17.5 Å². The Morgan fingerprint density at radius 3 is 3.12 bits per heavy atom. The Bertz CT molecular complexity index is 387. The van der Waals surface area contributed by atoms with E-state index in [2.05, 4.69) is 12.1 Å². The monoisotopic (exact) mass is 234 g/mol. The predicted molar refractivity (Wildman–Crippen MR) is 65.0 cm³/mol. The molecule has 1 aliphatic rings. The molecule has 1 aromatic carbocycles. The lowest BCUT2D eigenvalue weighted by Gasteiger charge is -2.25. The van der Waals surface area contributed by atoms with E-state index in [0.717, 1.165) is 6.42 Å². The van der Waals surface area contributed by atoms with Crippen LogP contribution in [0.1, 0.15) is 30.1 Å². The van der Waals surface area contributed by atoms with E-state index < -0.39 is 0 Å². The van der Waals surface area contributed by atoms with Crippen molar-refractivity contribution in [1.29, 1.82) is 0 Å². The van der Waals surface area contributed by atoms with Crippen molar-refractivity contribution in [3.05, 3.63) is 35.4 Å². The number of methoxy groups -OCH3 is 1. The molecule has 3 heteroatoms. The van der Waals surface area contributed by atoms with E-state index in [4.69, 9.17) is 9.47 Å². The number of ketones is 1. The Morgan fingerprint density at radius 1 is 1.47 bits per heavy atom. The molecule has 0 bridgehead atoms. The summed E-state index contributed by atoms with van der Waals surface area (Å²) in [7, 11) is 1.61. The van der Waals surface area contributed by atoms with E-state index in [-0.39, 0.29) is 11.9 Å². The van der Waals surface area contributed by atoms with E-state index >= 15 is 0 Å². The number of ether oxygens (including phenoxy) is 2. The molecule has 0 spiro atoms. The van der Waals surface area contributed by atoms with Gasteiger partial charge in [-0.1, -0.05) is 24.3 Å². The van der Waals surface area contributed by atoms with Gasteiger partial charge >= 0.3 is 0 Å². The van der Waals surface area contributed by atoms with Crippen LogP contribution in [-0.2, 0) is 20.7 Å². The SMILES string of the molecule is COCCC(=O)CC1OCCc2ccccc21. The minimum absolute atomic E-state index is 0.0655. The largest absolute Gasteiger partial charge is 0.384 e. The molecule has 0 N–H and O–H groups in total. The summed E-state index contributed by atoms with van der Waals surface area (Å²) >= 11 is 0. The molecule has 1 atom stereocenters. The summed E-state index contributed by atoms with van der Waals surface area (Å²) in [6, 6.07) is 8.21. The highest BCUT2D eigenvalue weighted by atomic mass is 16.5. The Hall–Kier alpha value is -1.19. The first kappa shape index (κ1) is 12.3. The highest BCUT2D eigenvalue weighted by Crippen LogP contribution is 2.29. The van der Waals surface area contributed by atoms with Crippen molar-refractivity contribution < 1.29 is 14.3 Å². The molecule has 0 amide bonds. The standard InChI is InChI=1S/C14H18O3/c1-16-8-7-12(15)10-14-13-5-3-2-4-11(13)6-9-17-14/h2-5,14H,6-10H2,1H3. The lowest BCUT2D eigenvalue weighted by atomic mass is 9.94. The quantitative estimate of drug-likeness (QED) is 0.784. The fraction of sp³-hybridized carbons (Fsp3) is 0.500. The summed E-state index contributed by atoms with van der Waals surface area (Å²) < 4.78 is 10.6. The van der Waals surface area contributed by atoms with Crippen LogP contribution in [0.2, 0.25) is 0 Å². The van der Waals surface area contributed by atoms with Crippen LogP contribution in [0.3, 0.4) is 0 Å². The fourth-order valence-corrected chi connectivity index (χ4v) is 2.17. The minimum Gasteiger partial charge on any atom is -0.384 e. The second kappa shape index (κ2) is 5.94. The predicted octanol–water partition coefficient (Wildman–Crippen LogP) is 2.30. The summed E-state index contributed by atoms with van der Waals surface area (Å²) in [5.41, 5.74) is 2.48. The van der Waals surface area contributed by atoms with E-state index in [0.29, 0.717) is 26.1 Å². The first-order valence-electron chi connectivity index (χ1n) is 6.01. The molecule has 1 aliphatic heterocycles. The number of hydrogen-bond acceptors (Lipinski definition) is 3. The van der Waals surface area contributed by atoms with Crippen LogP contribution in [0.4, 0.5) is 0 Å². The maximum atomic E-state index is 11.7.